The average Bonchev–Trinajstić information content (AvgIpc) is 2.54. The Balaban J connectivity index is 2.25. The summed E-state index contributed by atoms with van der Waals surface area (Å²) in [6.07, 6.45) is 0. The van der Waals surface area contributed by atoms with Crippen molar-refractivity contribution in [2.75, 3.05) is 26.2 Å². The van der Waals surface area contributed by atoms with Gasteiger partial charge in [0.1, 0.15) is 5.15 Å². The van der Waals surface area contributed by atoms with Crippen LogP contribution in [-0.2, 0) is 7.05 Å². The van der Waals surface area contributed by atoms with Crippen molar-refractivity contribution in [1.82, 2.24) is 20.0 Å². The van der Waals surface area contributed by atoms with Crippen LogP contribution in [0.5, 0.6) is 0 Å². The lowest BCUT2D eigenvalue weighted by atomic mass is 10.2. The molecule has 0 aromatic carbocycles. The number of rotatable bonds is 1. The fourth-order valence-corrected chi connectivity index (χ4v) is 2.15. The van der Waals surface area contributed by atoms with E-state index in [4.69, 9.17) is 11.6 Å². The summed E-state index contributed by atoms with van der Waals surface area (Å²) in [5, 5.41) is 7.77. The van der Waals surface area contributed by atoms with E-state index < -0.39 is 0 Å². The molecule has 0 saturated carbocycles. The standard InChI is InChI=1S/C10H15ClN4O/c1-7-8(9(11)14(2)13-7)10(16)15-5-3-12-4-6-15/h12H,3-6H2,1-2H3. The zero-order valence-corrected chi connectivity index (χ0v) is 10.2. The lowest BCUT2D eigenvalue weighted by Crippen LogP contribution is -2.46. The lowest BCUT2D eigenvalue weighted by Gasteiger charge is -2.27. The zero-order valence-electron chi connectivity index (χ0n) is 9.46. The highest BCUT2D eigenvalue weighted by molar-refractivity contribution is 6.33. The molecule has 1 aliphatic rings. The van der Waals surface area contributed by atoms with Gasteiger partial charge in [0.2, 0.25) is 0 Å². The summed E-state index contributed by atoms with van der Waals surface area (Å²) in [6, 6.07) is 0. The van der Waals surface area contributed by atoms with Crippen LogP contribution >= 0.6 is 11.6 Å². The Bertz CT molecular complexity index is 409. The van der Waals surface area contributed by atoms with Crippen molar-refractivity contribution >= 4 is 17.5 Å². The second-order valence-electron chi connectivity index (χ2n) is 3.92. The molecule has 2 heterocycles. The summed E-state index contributed by atoms with van der Waals surface area (Å²) in [6.45, 7) is 4.93. The maximum absolute atomic E-state index is 12.2. The summed E-state index contributed by atoms with van der Waals surface area (Å²) in [5.41, 5.74) is 1.22. The molecule has 0 bridgehead atoms. The van der Waals surface area contributed by atoms with E-state index in [0.29, 0.717) is 16.4 Å². The number of carbonyl (C=O) groups is 1. The Hall–Kier alpha value is -1.07. The summed E-state index contributed by atoms with van der Waals surface area (Å²) < 4.78 is 1.53. The molecule has 0 unspecified atom stereocenters. The quantitative estimate of drug-likeness (QED) is 0.777. The summed E-state index contributed by atoms with van der Waals surface area (Å²) in [5.74, 6) is -0.0166. The summed E-state index contributed by atoms with van der Waals surface area (Å²) in [7, 11) is 1.74. The van der Waals surface area contributed by atoms with Crippen LogP contribution in [0.3, 0.4) is 0 Å². The largest absolute Gasteiger partial charge is 0.336 e. The van der Waals surface area contributed by atoms with E-state index in [1.54, 1.807) is 14.0 Å². The maximum Gasteiger partial charge on any atom is 0.258 e. The number of nitrogens with one attached hydrogen (secondary N) is 1. The van der Waals surface area contributed by atoms with E-state index in [0.717, 1.165) is 26.2 Å². The molecular formula is C10H15ClN4O. The molecule has 6 heteroatoms. The summed E-state index contributed by atoms with van der Waals surface area (Å²) >= 11 is 6.07. The zero-order chi connectivity index (χ0) is 11.7. The minimum atomic E-state index is -0.0166. The predicted molar refractivity (Wildman–Crippen MR) is 61.7 cm³/mol. The average molecular weight is 243 g/mol. The van der Waals surface area contributed by atoms with Gasteiger partial charge in [-0.15, -0.1) is 0 Å². The third kappa shape index (κ3) is 1.92. The van der Waals surface area contributed by atoms with Gasteiger partial charge in [-0.05, 0) is 6.92 Å². The molecule has 1 aromatic rings. The molecule has 88 valence electrons. The molecule has 1 amide bonds. The van der Waals surface area contributed by atoms with Crippen LogP contribution in [0.2, 0.25) is 5.15 Å². The van der Waals surface area contributed by atoms with Gasteiger partial charge in [0, 0.05) is 33.2 Å². The highest BCUT2D eigenvalue weighted by atomic mass is 35.5. The maximum atomic E-state index is 12.2. The monoisotopic (exact) mass is 242 g/mol. The van der Waals surface area contributed by atoms with Gasteiger partial charge >= 0.3 is 0 Å². The van der Waals surface area contributed by atoms with Crippen LogP contribution in [0.15, 0.2) is 0 Å². The number of aromatic nitrogens is 2. The number of carbonyl (C=O) groups excluding carboxylic acids is 1. The fourth-order valence-electron chi connectivity index (χ4n) is 1.90. The molecule has 1 saturated heterocycles. The van der Waals surface area contributed by atoms with Crippen LogP contribution in [-0.4, -0.2) is 46.8 Å². The molecule has 2 rings (SSSR count). The van der Waals surface area contributed by atoms with Crippen LogP contribution in [0.1, 0.15) is 16.1 Å². The predicted octanol–water partition coefficient (Wildman–Crippen LogP) is 0.427. The van der Waals surface area contributed by atoms with E-state index in [9.17, 15) is 4.79 Å². The molecule has 1 N–H and O–H groups in total. The van der Waals surface area contributed by atoms with E-state index >= 15 is 0 Å². The lowest BCUT2D eigenvalue weighted by molar-refractivity contribution is 0.0735. The number of piperazine rings is 1. The molecule has 5 nitrogen and oxygen atoms in total. The third-order valence-corrected chi connectivity index (χ3v) is 3.20. The molecule has 0 radical (unpaired) electrons. The highest BCUT2D eigenvalue weighted by Gasteiger charge is 2.24. The SMILES string of the molecule is Cc1nn(C)c(Cl)c1C(=O)N1CCNCC1. The van der Waals surface area contributed by atoms with Gasteiger partial charge in [0.25, 0.3) is 5.91 Å². The first-order valence-corrected chi connectivity index (χ1v) is 5.68. The molecule has 1 aromatic heterocycles. The Morgan fingerprint density at radius 2 is 2.06 bits per heavy atom. The van der Waals surface area contributed by atoms with Gasteiger partial charge in [-0.1, -0.05) is 11.6 Å². The normalized spacial score (nSPS) is 16.6. The van der Waals surface area contributed by atoms with Crippen molar-refractivity contribution in [2.45, 2.75) is 6.92 Å². The molecule has 1 aliphatic heterocycles. The van der Waals surface area contributed by atoms with E-state index in [-0.39, 0.29) is 5.91 Å². The van der Waals surface area contributed by atoms with Crippen molar-refractivity contribution in [3.05, 3.63) is 16.4 Å². The minimum absolute atomic E-state index is 0.0166. The Kier molecular flexibility index (Phi) is 3.16. The number of amides is 1. The van der Waals surface area contributed by atoms with Crippen LogP contribution in [0, 0.1) is 6.92 Å². The van der Waals surface area contributed by atoms with Gasteiger partial charge < -0.3 is 10.2 Å². The molecule has 0 spiro atoms. The highest BCUT2D eigenvalue weighted by Crippen LogP contribution is 2.20. The topological polar surface area (TPSA) is 50.2 Å². The Morgan fingerprint density at radius 1 is 1.44 bits per heavy atom. The van der Waals surface area contributed by atoms with Crippen molar-refractivity contribution in [3.8, 4) is 0 Å². The van der Waals surface area contributed by atoms with E-state index in [2.05, 4.69) is 10.4 Å². The van der Waals surface area contributed by atoms with Crippen molar-refractivity contribution in [1.29, 1.82) is 0 Å². The Morgan fingerprint density at radius 3 is 2.56 bits per heavy atom. The van der Waals surface area contributed by atoms with Gasteiger partial charge in [0.05, 0.1) is 11.3 Å². The second-order valence-corrected chi connectivity index (χ2v) is 4.28. The van der Waals surface area contributed by atoms with Gasteiger partial charge in [0.15, 0.2) is 0 Å². The third-order valence-electron chi connectivity index (χ3n) is 2.77. The first kappa shape index (κ1) is 11.4. The molecule has 1 fully saturated rings. The molecule has 0 atom stereocenters. The fraction of sp³-hybridized carbons (Fsp3) is 0.600. The van der Waals surface area contributed by atoms with Gasteiger partial charge in [-0.3, -0.25) is 9.48 Å². The number of aryl methyl sites for hydroxylation is 2. The van der Waals surface area contributed by atoms with E-state index in [1.807, 2.05) is 4.90 Å². The Labute approximate surface area is 99.4 Å². The first-order chi connectivity index (χ1) is 7.61. The van der Waals surface area contributed by atoms with Crippen LogP contribution in [0.4, 0.5) is 0 Å². The minimum Gasteiger partial charge on any atom is -0.336 e. The van der Waals surface area contributed by atoms with Gasteiger partial charge in [-0.2, -0.15) is 5.10 Å². The second kappa shape index (κ2) is 4.43. The molecule has 16 heavy (non-hydrogen) atoms. The number of hydrogen-bond donors (Lipinski definition) is 1. The van der Waals surface area contributed by atoms with Crippen molar-refractivity contribution in [2.24, 2.45) is 7.05 Å². The molecular weight excluding hydrogens is 228 g/mol. The number of nitrogens with zero attached hydrogens (tertiary/aromatic N) is 3. The number of halogens is 1. The summed E-state index contributed by atoms with van der Waals surface area (Å²) in [4.78, 5) is 14.0. The van der Waals surface area contributed by atoms with Crippen LogP contribution < -0.4 is 5.32 Å². The number of hydrogen-bond acceptors (Lipinski definition) is 3. The smallest absolute Gasteiger partial charge is 0.258 e. The first-order valence-electron chi connectivity index (χ1n) is 5.30. The van der Waals surface area contributed by atoms with Gasteiger partial charge in [-0.25, -0.2) is 0 Å². The van der Waals surface area contributed by atoms with Crippen LogP contribution in [0.25, 0.3) is 0 Å². The van der Waals surface area contributed by atoms with E-state index in [1.165, 1.54) is 4.68 Å². The van der Waals surface area contributed by atoms with Crippen molar-refractivity contribution in [3.63, 3.8) is 0 Å². The van der Waals surface area contributed by atoms with Crippen molar-refractivity contribution < 1.29 is 4.79 Å². The molecule has 0 aliphatic carbocycles.